The maximum absolute atomic E-state index is 12.2. The summed E-state index contributed by atoms with van der Waals surface area (Å²) in [7, 11) is 0. The van der Waals surface area contributed by atoms with Crippen LogP contribution in [0.4, 0.5) is 5.13 Å². The minimum atomic E-state index is -0.0791. The first-order valence-electron chi connectivity index (χ1n) is 9.10. The van der Waals surface area contributed by atoms with Gasteiger partial charge in [0.05, 0.1) is 11.4 Å². The van der Waals surface area contributed by atoms with Gasteiger partial charge in [-0.2, -0.15) is 0 Å². The summed E-state index contributed by atoms with van der Waals surface area (Å²) < 4.78 is 2.06. The molecule has 6 nitrogen and oxygen atoms in total. The molecule has 1 fully saturated rings. The van der Waals surface area contributed by atoms with Crippen LogP contribution in [0.15, 0.2) is 41.1 Å². The van der Waals surface area contributed by atoms with Crippen molar-refractivity contribution in [1.29, 1.82) is 0 Å². The van der Waals surface area contributed by atoms with E-state index in [0.717, 1.165) is 29.3 Å². The van der Waals surface area contributed by atoms with Gasteiger partial charge in [0.2, 0.25) is 5.91 Å². The van der Waals surface area contributed by atoms with Crippen molar-refractivity contribution >= 4 is 34.1 Å². The molecule has 8 heteroatoms. The van der Waals surface area contributed by atoms with Gasteiger partial charge in [-0.05, 0) is 24.8 Å². The summed E-state index contributed by atoms with van der Waals surface area (Å²) >= 11 is 2.86. The number of anilines is 1. The largest absolute Gasteiger partial charge is 0.306 e. The van der Waals surface area contributed by atoms with Crippen molar-refractivity contribution < 1.29 is 4.79 Å². The van der Waals surface area contributed by atoms with Crippen molar-refractivity contribution in [3.63, 3.8) is 0 Å². The molecule has 2 heterocycles. The molecule has 1 aliphatic carbocycles. The molecule has 0 unspecified atom stereocenters. The Bertz CT molecular complexity index is 914. The number of hydrogen-bond donors (Lipinski definition) is 1. The van der Waals surface area contributed by atoms with Crippen LogP contribution in [0.1, 0.15) is 37.8 Å². The molecular formula is C19H21N5OS2. The summed E-state index contributed by atoms with van der Waals surface area (Å²) in [4.78, 5) is 16.8. The molecule has 3 aromatic rings. The predicted octanol–water partition coefficient (Wildman–Crippen LogP) is 4.42. The summed E-state index contributed by atoms with van der Waals surface area (Å²) in [5.41, 5.74) is 3.29. The lowest BCUT2D eigenvalue weighted by Gasteiger charge is -2.04. The first-order chi connectivity index (χ1) is 13.2. The van der Waals surface area contributed by atoms with E-state index in [1.165, 1.54) is 41.5 Å². The van der Waals surface area contributed by atoms with E-state index in [-0.39, 0.29) is 5.91 Å². The highest BCUT2D eigenvalue weighted by atomic mass is 32.2. The predicted molar refractivity (Wildman–Crippen MR) is 109 cm³/mol. The lowest BCUT2D eigenvalue weighted by Crippen LogP contribution is -2.14. The van der Waals surface area contributed by atoms with E-state index in [2.05, 4.69) is 56.3 Å². The normalized spacial score (nSPS) is 13.7. The summed E-state index contributed by atoms with van der Waals surface area (Å²) in [6.07, 6.45) is 6.31. The van der Waals surface area contributed by atoms with E-state index in [9.17, 15) is 4.79 Å². The third-order valence-corrected chi connectivity index (χ3v) is 6.07. The van der Waals surface area contributed by atoms with Gasteiger partial charge in [-0.1, -0.05) is 49.4 Å². The van der Waals surface area contributed by atoms with Crippen LogP contribution in [0.3, 0.4) is 0 Å². The maximum Gasteiger partial charge on any atom is 0.236 e. The van der Waals surface area contributed by atoms with Crippen LogP contribution < -0.4 is 5.32 Å². The van der Waals surface area contributed by atoms with E-state index >= 15 is 0 Å². The second-order valence-corrected chi connectivity index (χ2v) is 8.37. The molecule has 4 rings (SSSR count). The average Bonchev–Trinajstić information content (AvgIpc) is 3.23. The molecule has 1 amide bonds. The molecule has 1 saturated carbocycles. The van der Waals surface area contributed by atoms with Gasteiger partial charge < -0.3 is 9.88 Å². The molecule has 0 saturated heterocycles. The van der Waals surface area contributed by atoms with E-state index in [4.69, 9.17) is 0 Å². The fraction of sp³-hybridized carbons (Fsp3) is 0.368. The minimum absolute atomic E-state index is 0.0791. The zero-order valence-electron chi connectivity index (χ0n) is 15.1. The Hall–Kier alpha value is -2.19. The number of rotatable bonds is 8. The van der Waals surface area contributed by atoms with Crippen LogP contribution in [0.25, 0.3) is 11.3 Å². The number of benzene rings is 1. The number of carbonyl (C=O) groups is 1. The lowest BCUT2D eigenvalue weighted by atomic mass is 10.1. The molecule has 0 bridgehead atoms. The number of nitrogens with one attached hydrogen (secondary N) is 1. The van der Waals surface area contributed by atoms with Crippen LogP contribution >= 0.6 is 23.1 Å². The van der Waals surface area contributed by atoms with Crippen molar-refractivity contribution in [2.75, 3.05) is 11.1 Å². The molecule has 0 spiro atoms. The maximum atomic E-state index is 12.2. The molecule has 0 atom stereocenters. The minimum Gasteiger partial charge on any atom is -0.306 e. The smallest absolute Gasteiger partial charge is 0.236 e. The zero-order chi connectivity index (χ0) is 18.6. The number of thiazole rings is 1. The number of nitrogens with zero attached hydrogens (tertiary/aromatic N) is 4. The molecular weight excluding hydrogens is 378 g/mol. The summed E-state index contributed by atoms with van der Waals surface area (Å²) in [5.74, 6) is 0.219. The Morgan fingerprint density at radius 2 is 2.15 bits per heavy atom. The van der Waals surface area contributed by atoms with Crippen LogP contribution in [0.5, 0.6) is 0 Å². The number of thioether (sulfide) groups is 1. The van der Waals surface area contributed by atoms with Gasteiger partial charge in [0, 0.05) is 17.0 Å². The Morgan fingerprint density at radius 3 is 2.89 bits per heavy atom. The number of hydrogen-bond acceptors (Lipinski definition) is 6. The zero-order valence-corrected chi connectivity index (χ0v) is 16.7. The first-order valence-corrected chi connectivity index (χ1v) is 11.0. The van der Waals surface area contributed by atoms with Crippen LogP contribution in [0, 0.1) is 0 Å². The van der Waals surface area contributed by atoms with E-state index < -0.39 is 0 Å². The van der Waals surface area contributed by atoms with Gasteiger partial charge in [-0.15, -0.1) is 21.5 Å². The number of aromatic nitrogens is 4. The SMILES string of the molecule is CCCc1ccc(-c2csc(NC(=O)CSc3nncn3C3CC3)n2)cc1. The van der Waals surface area contributed by atoms with Crippen molar-refractivity contribution in [2.24, 2.45) is 0 Å². The quantitative estimate of drug-likeness (QED) is 0.568. The standard InChI is InChI=1S/C19H21N5OS2/c1-2-3-13-4-6-14(7-5-13)16-10-26-18(21-16)22-17(25)11-27-19-23-20-12-24(19)15-8-9-15/h4-7,10,12,15H,2-3,8-9,11H2,1H3,(H,21,22,25). The van der Waals surface area contributed by atoms with E-state index in [0.29, 0.717) is 16.9 Å². The van der Waals surface area contributed by atoms with Crippen LogP contribution in [-0.2, 0) is 11.2 Å². The van der Waals surface area contributed by atoms with Crippen molar-refractivity contribution in [3.05, 3.63) is 41.5 Å². The molecule has 0 radical (unpaired) electrons. The van der Waals surface area contributed by atoms with Gasteiger partial charge in [0.25, 0.3) is 0 Å². The Kier molecular flexibility index (Phi) is 5.54. The number of amides is 1. The Morgan fingerprint density at radius 1 is 1.33 bits per heavy atom. The molecule has 1 aliphatic rings. The van der Waals surface area contributed by atoms with Crippen molar-refractivity contribution in [3.8, 4) is 11.3 Å². The van der Waals surface area contributed by atoms with Crippen LogP contribution in [-0.4, -0.2) is 31.4 Å². The lowest BCUT2D eigenvalue weighted by molar-refractivity contribution is -0.113. The third-order valence-electron chi connectivity index (χ3n) is 4.35. The topological polar surface area (TPSA) is 72.7 Å². The fourth-order valence-electron chi connectivity index (χ4n) is 2.82. The van der Waals surface area contributed by atoms with Gasteiger partial charge in [-0.25, -0.2) is 4.98 Å². The van der Waals surface area contributed by atoms with Gasteiger partial charge in [0.1, 0.15) is 6.33 Å². The highest BCUT2D eigenvalue weighted by molar-refractivity contribution is 7.99. The second kappa shape index (κ2) is 8.22. The third kappa shape index (κ3) is 4.56. The van der Waals surface area contributed by atoms with Crippen LogP contribution in [0.2, 0.25) is 0 Å². The summed E-state index contributed by atoms with van der Waals surface area (Å²) in [6.45, 7) is 2.18. The Labute approximate surface area is 166 Å². The molecule has 0 aliphatic heterocycles. The average molecular weight is 400 g/mol. The molecule has 1 aromatic carbocycles. The number of aryl methyl sites for hydroxylation is 1. The highest BCUT2D eigenvalue weighted by Gasteiger charge is 2.26. The molecule has 140 valence electrons. The Balaban J connectivity index is 1.33. The number of carbonyl (C=O) groups excluding carboxylic acids is 1. The summed E-state index contributed by atoms with van der Waals surface area (Å²) in [5, 5.41) is 14.3. The van der Waals surface area contributed by atoms with Crippen molar-refractivity contribution in [2.45, 2.75) is 43.8 Å². The summed E-state index contributed by atoms with van der Waals surface area (Å²) in [6, 6.07) is 8.97. The van der Waals surface area contributed by atoms with Crippen molar-refractivity contribution in [1.82, 2.24) is 19.7 Å². The van der Waals surface area contributed by atoms with E-state index in [1.807, 2.05) is 5.38 Å². The van der Waals surface area contributed by atoms with Gasteiger partial charge >= 0.3 is 0 Å². The molecule has 1 N–H and O–H groups in total. The highest BCUT2D eigenvalue weighted by Crippen LogP contribution is 2.37. The monoisotopic (exact) mass is 399 g/mol. The second-order valence-electron chi connectivity index (χ2n) is 6.57. The van der Waals surface area contributed by atoms with Gasteiger partial charge in [-0.3, -0.25) is 4.79 Å². The van der Waals surface area contributed by atoms with E-state index in [1.54, 1.807) is 6.33 Å². The molecule has 27 heavy (non-hydrogen) atoms. The van der Waals surface area contributed by atoms with Gasteiger partial charge in [0.15, 0.2) is 10.3 Å². The fourth-order valence-corrected chi connectivity index (χ4v) is 4.34. The molecule has 2 aromatic heterocycles. The first kappa shape index (κ1) is 18.2.